The summed E-state index contributed by atoms with van der Waals surface area (Å²) >= 11 is 0. The number of nitrogens with two attached hydrogens (primary N) is 1. The second-order valence-corrected chi connectivity index (χ2v) is 3.04. The Bertz CT molecular complexity index is 443. The zero-order valence-electron chi connectivity index (χ0n) is 8.33. The van der Waals surface area contributed by atoms with Crippen molar-refractivity contribution in [2.45, 2.75) is 0 Å². The first-order chi connectivity index (χ1) is 7.27. The van der Waals surface area contributed by atoms with E-state index in [0.29, 0.717) is 0 Å². The maximum Gasteiger partial charge on any atom is 0.221 e. The standard InChI is InChI=1S/C10H11N5/c1-15(8-3-2-5-12-7-8)9-4-6-13-10(11)14-9/h2-7H,1H3,(H2,11,13,14). The smallest absolute Gasteiger partial charge is 0.221 e. The average Bonchev–Trinajstić information content (AvgIpc) is 2.29. The molecule has 0 aliphatic carbocycles. The Labute approximate surface area is 87.6 Å². The molecule has 76 valence electrons. The first kappa shape index (κ1) is 9.39. The van der Waals surface area contributed by atoms with Gasteiger partial charge in [-0.25, -0.2) is 4.98 Å². The van der Waals surface area contributed by atoms with Gasteiger partial charge in [-0.05, 0) is 18.2 Å². The van der Waals surface area contributed by atoms with E-state index in [1.807, 2.05) is 24.1 Å². The Morgan fingerprint density at radius 2 is 2.13 bits per heavy atom. The minimum Gasteiger partial charge on any atom is -0.368 e. The Balaban J connectivity index is 2.32. The van der Waals surface area contributed by atoms with Crippen LogP contribution in [-0.4, -0.2) is 22.0 Å². The van der Waals surface area contributed by atoms with Gasteiger partial charge in [-0.2, -0.15) is 4.98 Å². The molecular formula is C10H11N5. The molecular weight excluding hydrogens is 190 g/mol. The molecule has 0 unspecified atom stereocenters. The average molecular weight is 201 g/mol. The monoisotopic (exact) mass is 201 g/mol. The third kappa shape index (κ3) is 2.01. The van der Waals surface area contributed by atoms with Crippen LogP contribution >= 0.6 is 0 Å². The van der Waals surface area contributed by atoms with Crippen molar-refractivity contribution in [2.75, 3.05) is 17.7 Å². The number of hydrogen-bond acceptors (Lipinski definition) is 5. The predicted molar refractivity (Wildman–Crippen MR) is 58.7 cm³/mol. The molecule has 5 heteroatoms. The van der Waals surface area contributed by atoms with E-state index in [1.54, 1.807) is 24.7 Å². The molecule has 0 spiro atoms. The lowest BCUT2D eigenvalue weighted by Crippen LogP contribution is -2.12. The van der Waals surface area contributed by atoms with Crippen LogP contribution in [0.25, 0.3) is 0 Å². The molecule has 2 aromatic heterocycles. The first-order valence-electron chi connectivity index (χ1n) is 4.49. The van der Waals surface area contributed by atoms with Crippen molar-refractivity contribution in [1.29, 1.82) is 0 Å². The number of anilines is 3. The molecule has 0 aliphatic heterocycles. The molecule has 2 rings (SSSR count). The van der Waals surface area contributed by atoms with Crippen LogP contribution in [0.15, 0.2) is 36.8 Å². The molecule has 2 aromatic rings. The summed E-state index contributed by atoms with van der Waals surface area (Å²) in [7, 11) is 1.90. The van der Waals surface area contributed by atoms with Gasteiger partial charge < -0.3 is 10.6 Å². The molecule has 0 atom stereocenters. The number of aromatic nitrogens is 3. The molecule has 0 radical (unpaired) electrons. The van der Waals surface area contributed by atoms with Crippen LogP contribution in [0.3, 0.4) is 0 Å². The molecule has 2 heterocycles. The third-order valence-corrected chi connectivity index (χ3v) is 2.04. The number of nitrogens with zero attached hydrogens (tertiary/aromatic N) is 4. The van der Waals surface area contributed by atoms with E-state index in [4.69, 9.17) is 5.73 Å². The van der Waals surface area contributed by atoms with Gasteiger partial charge in [0, 0.05) is 19.4 Å². The lowest BCUT2D eigenvalue weighted by molar-refractivity contribution is 1.08. The van der Waals surface area contributed by atoms with Crippen LogP contribution in [0.4, 0.5) is 17.5 Å². The Morgan fingerprint density at radius 3 is 2.80 bits per heavy atom. The van der Waals surface area contributed by atoms with Crippen molar-refractivity contribution < 1.29 is 0 Å². The fraction of sp³-hybridized carbons (Fsp3) is 0.100. The quantitative estimate of drug-likeness (QED) is 0.791. The van der Waals surface area contributed by atoms with E-state index in [1.165, 1.54) is 0 Å². The van der Waals surface area contributed by atoms with Crippen LogP contribution in [0.5, 0.6) is 0 Å². The molecule has 0 bridgehead atoms. The van der Waals surface area contributed by atoms with Crippen molar-refractivity contribution in [3.63, 3.8) is 0 Å². The van der Waals surface area contributed by atoms with E-state index in [0.717, 1.165) is 11.5 Å². The SMILES string of the molecule is CN(c1cccnc1)c1ccnc(N)n1. The summed E-state index contributed by atoms with van der Waals surface area (Å²) in [6, 6.07) is 5.62. The highest BCUT2D eigenvalue weighted by Crippen LogP contribution is 2.19. The Morgan fingerprint density at radius 1 is 1.27 bits per heavy atom. The predicted octanol–water partition coefficient (Wildman–Crippen LogP) is 1.22. The van der Waals surface area contributed by atoms with Gasteiger partial charge in [-0.15, -0.1) is 0 Å². The van der Waals surface area contributed by atoms with Crippen LogP contribution < -0.4 is 10.6 Å². The van der Waals surface area contributed by atoms with E-state index in [-0.39, 0.29) is 5.95 Å². The number of nitrogen functional groups attached to an aromatic ring is 1. The fourth-order valence-electron chi connectivity index (χ4n) is 1.24. The summed E-state index contributed by atoms with van der Waals surface area (Å²) in [5, 5.41) is 0. The highest BCUT2D eigenvalue weighted by molar-refractivity contribution is 5.58. The van der Waals surface area contributed by atoms with Gasteiger partial charge in [-0.1, -0.05) is 0 Å². The summed E-state index contributed by atoms with van der Waals surface area (Å²) in [5.74, 6) is 1.01. The molecule has 2 N–H and O–H groups in total. The Kier molecular flexibility index (Phi) is 2.45. The van der Waals surface area contributed by atoms with E-state index < -0.39 is 0 Å². The summed E-state index contributed by atoms with van der Waals surface area (Å²) < 4.78 is 0. The summed E-state index contributed by atoms with van der Waals surface area (Å²) in [6.07, 6.45) is 5.12. The van der Waals surface area contributed by atoms with Gasteiger partial charge in [0.15, 0.2) is 0 Å². The van der Waals surface area contributed by atoms with E-state index >= 15 is 0 Å². The van der Waals surface area contributed by atoms with Crippen molar-refractivity contribution >= 4 is 17.5 Å². The number of rotatable bonds is 2. The maximum absolute atomic E-state index is 5.51. The molecule has 5 nitrogen and oxygen atoms in total. The highest BCUT2D eigenvalue weighted by atomic mass is 15.2. The molecule has 0 saturated heterocycles. The summed E-state index contributed by atoms with van der Waals surface area (Å²) in [6.45, 7) is 0. The minimum atomic E-state index is 0.267. The van der Waals surface area contributed by atoms with Crippen molar-refractivity contribution in [3.8, 4) is 0 Å². The zero-order valence-corrected chi connectivity index (χ0v) is 8.33. The highest BCUT2D eigenvalue weighted by Gasteiger charge is 2.04. The van der Waals surface area contributed by atoms with Crippen molar-refractivity contribution in [1.82, 2.24) is 15.0 Å². The van der Waals surface area contributed by atoms with Crippen molar-refractivity contribution in [2.24, 2.45) is 0 Å². The maximum atomic E-state index is 5.51. The molecule has 0 saturated carbocycles. The topological polar surface area (TPSA) is 67.9 Å². The van der Waals surface area contributed by atoms with Crippen LogP contribution in [-0.2, 0) is 0 Å². The molecule has 0 amide bonds. The normalized spacial score (nSPS) is 9.93. The lowest BCUT2D eigenvalue weighted by atomic mass is 10.4. The van der Waals surface area contributed by atoms with Crippen LogP contribution in [0, 0.1) is 0 Å². The van der Waals surface area contributed by atoms with E-state index in [2.05, 4.69) is 15.0 Å². The molecule has 0 aromatic carbocycles. The number of pyridine rings is 1. The summed E-state index contributed by atoms with van der Waals surface area (Å²) in [5.41, 5.74) is 6.46. The minimum absolute atomic E-state index is 0.267. The second-order valence-electron chi connectivity index (χ2n) is 3.04. The Hall–Kier alpha value is -2.17. The van der Waals surface area contributed by atoms with Gasteiger partial charge in [-0.3, -0.25) is 4.98 Å². The molecule has 0 aliphatic rings. The van der Waals surface area contributed by atoms with Gasteiger partial charge in [0.25, 0.3) is 0 Å². The first-order valence-corrected chi connectivity index (χ1v) is 4.49. The second kappa shape index (κ2) is 3.91. The molecule has 15 heavy (non-hydrogen) atoms. The van der Waals surface area contributed by atoms with Crippen molar-refractivity contribution in [3.05, 3.63) is 36.8 Å². The lowest BCUT2D eigenvalue weighted by Gasteiger charge is -2.17. The van der Waals surface area contributed by atoms with Crippen LogP contribution in [0.1, 0.15) is 0 Å². The summed E-state index contributed by atoms with van der Waals surface area (Å²) in [4.78, 5) is 13.9. The third-order valence-electron chi connectivity index (χ3n) is 2.04. The van der Waals surface area contributed by atoms with E-state index in [9.17, 15) is 0 Å². The molecule has 0 fully saturated rings. The van der Waals surface area contributed by atoms with Gasteiger partial charge in [0.2, 0.25) is 5.95 Å². The number of hydrogen-bond donors (Lipinski definition) is 1. The van der Waals surface area contributed by atoms with Crippen LogP contribution in [0.2, 0.25) is 0 Å². The fourth-order valence-corrected chi connectivity index (χ4v) is 1.24. The van der Waals surface area contributed by atoms with Gasteiger partial charge in [0.1, 0.15) is 5.82 Å². The van der Waals surface area contributed by atoms with Gasteiger partial charge in [0.05, 0.1) is 11.9 Å². The van der Waals surface area contributed by atoms with Gasteiger partial charge >= 0.3 is 0 Å². The largest absolute Gasteiger partial charge is 0.368 e. The zero-order chi connectivity index (χ0) is 10.7.